The van der Waals surface area contributed by atoms with Gasteiger partial charge in [0.15, 0.2) is 0 Å². The molecule has 0 radical (unpaired) electrons. The van der Waals surface area contributed by atoms with Gasteiger partial charge in [-0.3, -0.25) is 0 Å². The van der Waals surface area contributed by atoms with Crippen molar-refractivity contribution >= 4 is 5.97 Å². The van der Waals surface area contributed by atoms with E-state index in [-0.39, 0.29) is 35.1 Å². The van der Waals surface area contributed by atoms with Crippen molar-refractivity contribution in [1.29, 1.82) is 0 Å². The maximum absolute atomic E-state index is 10.8. The van der Waals surface area contributed by atoms with Gasteiger partial charge in [-0.1, -0.05) is 36.4 Å². The quantitative estimate of drug-likeness (QED) is 0.373. The fraction of sp³-hybridized carbons (Fsp3) is 0.316. The van der Waals surface area contributed by atoms with Crippen molar-refractivity contribution in [3.05, 3.63) is 54.1 Å². The molecule has 4 N–H and O–H groups in total. The second kappa shape index (κ2) is 9.82. The fourth-order valence-electron chi connectivity index (χ4n) is 2.85. The molecule has 1 aliphatic heterocycles. The Kier molecular flexibility index (Phi) is 7.99. The third-order valence-electron chi connectivity index (χ3n) is 4.39. The monoisotopic (exact) mass is 398 g/mol. The van der Waals surface area contributed by atoms with Gasteiger partial charge in [-0.05, 0) is 28.8 Å². The van der Waals surface area contributed by atoms with Crippen molar-refractivity contribution in [2.45, 2.75) is 30.7 Å². The molecule has 2 aromatic rings. The topological polar surface area (TPSA) is 140 Å². The van der Waals surface area contributed by atoms with E-state index in [1.807, 2.05) is 0 Å². The van der Waals surface area contributed by atoms with Gasteiger partial charge in [0, 0.05) is 0 Å². The van der Waals surface area contributed by atoms with E-state index in [1.165, 1.54) is 12.1 Å². The van der Waals surface area contributed by atoms with Crippen LogP contribution in [0.3, 0.4) is 0 Å². The summed E-state index contributed by atoms with van der Waals surface area (Å²) in [4.78, 5) is 10.8. The average Bonchev–Trinajstić information content (AvgIpc) is 2.68. The minimum Gasteiger partial charge on any atom is -0.545 e. The Morgan fingerprint density at radius 1 is 1.00 bits per heavy atom. The van der Waals surface area contributed by atoms with Crippen LogP contribution in [0.15, 0.2) is 48.5 Å². The number of carbonyl (C=O) groups excluding carboxylic acids is 1. The summed E-state index contributed by atoms with van der Waals surface area (Å²) in [5.41, 5.74) is 1.52. The Balaban J connectivity index is 0.00000280. The summed E-state index contributed by atoms with van der Waals surface area (Å²) >= 11 is 0. The third kappa shape index (κ3) is 4.91. The maximum atomic E-state index is 10.8. The Hall–Kier alpha value is -1.49. The molecular weight excluding hydrogens is 379 g/mol. The first-order valence-electron chi connectivity index (χ1n) is 8.29. The van der Waals surface area contributed by atoms with Crippen molar-refractivity contribution in [1.82, 2.24) is 0 Å². The van der Waals surface area contributed by atoms with Crippen LogP contribution in [0.2, 0.25) is 0 Å². The van der Waals surface area contributed by atoms with E-state index in [0.717, 1.165) is 11.1 Å². The van der Waals surface area contributed by atoms with Crippen molar-refractivity contribution in [2.75, 3.05) is 6.61 Å². The van der Waals surface area contributed by atoms with Crippen LogP contribution in [0.1, 0.15) is 10.4 Å². The van der Waals surface area contributed by atoms with E-state index >= 15 is 0 Å². The molecule has 28 heavy (non-hydrogen) atoms. The first kappa shape index (κ1) is 22.8. The van der Waals surface area contributed by atoms with Gasteiger partial charge in [0.05, 0.1) is 12.6 Å². The molecule has 1 fully saturated rings. The van der Waals surface area contributed by atoms with Crippen LogP contribution in [-0.2, 0) is 4.74 Å². The molecule has 8 nitrogen and oxygen atoms in total. The molecule has 1 saturated heterocycles. The summed E-state index contributed by atoms with van der Waals surface area (Å²) in [6, 6.07) is 12.8. The standard InChI is InChI=1S/C19H20O8.Na/c20-9-14-15(21)16(22)17(23)19(27-14)26-13-3-1-2-12(8-13)10-4-6-11(7-5-10)18(24)25;/h1-8,14-17,19-23H,9H2,(H,24,25);/q;+1/p-1/t14?,15-,16+,17?,19+;/m1./s1. The maximum Gasteiger partial charge on any atom is 1.00 e. The van der Waals surface area contributed by atoms with Crippen LogP contribution in [0.4, 0.5) is 0 Å². The summed E-state index contributed by atoms with van der Waals surface area (Å²) in [6.07, 6.45) is -6.83. The van der Waals surface area contributed by atoms with Gasteiger partial charge in [-0.25, -0.2) is 0 Å². The van der Waals surface area contributed by atoms with E-state index in [4.69, 9.17) is 9.47 Å². The second-order valence-electron chi connectivity index (χ2n) is 6.21. The van der Waals surface area contributed by atoms with E-state index in [2.05, 4.69) is 0 Å². The summed E-state index contributed by atoms with van der Waals surface area (Å²) < 4.78 is 10.9. The number of benzene rings is 2. The van der Waals surface area contributed by atoms with Crippen LogP contribution in [-0.4, -0.2) is 63.7 Å². The van der Waals surface area contributed by atoms with Gasteiger partial charge in [0.1, 0.15) is 30.2 Å². The number of rotatable bonds is 5. The Bertz CT molecular complexity index is 795. The third-order valence-corrected chi connectivity index (χ3v) is 4.39. The second-order valence-corrected chi connectivity index (χ2v) is 6.21. The smallest absolute Gasteiger partial charge is 0.545 e. The average molecular weight is 398 g/mol. The van der Waals surface area contributed by atoms with Gasteiger partial charge in [-0.15, -0.1) is 0 Å². The molecule has 0 aromatic heterocycles. The number of carboxylic acid groups (broad SMARTS) is 1. The fourth-order valence-corrected chi connectivity index (χ4v) is 2.85. The van der Waals surface area contributed by atoms with Crippen LogP contribution in [0.25, 0.3) is 11.1 Å². The molecule has 0 spiro atoms. The predicted molar refractivity (Wildman–Crippen MR) is 90.6 cm³/mol. The summed E-state index contributed by atoms with van der Waals surface area (Å²) in [7, 11) is 0. The molecule has 2 aromatic carbocycles. The minimum absolute atomic E-state index is 0. The van der Waals surface area contributed by atoms with Gasteiger partial charge in [0.25, 0.3) is 0 Å². The Labute approximate surface area is 183 Å². The van der Waals surface area contributed by atoms with Crippen LogP contribution >= 0.6 is 0 Å². The van der Waals surface area contributed by atoms with Crippen molar-refractivity contribution in [3.63, 3.8) is 0 Å². The zero-order valence-corrected chi connectivity index (χ0v) is 17.1. The van der Waals surface area contributed by atoms with Crippen molar-refractivity contribution in [2.24, 2.45) is 0 Å². The zero-order valence-electron chi connectivity index (χ0n) is 15.1. The van der Waals surface area contributed by atoms with E-state index < -0.39 is 43.3 Å². The van der Waals surface area contributed by atoms with Gasteiger partial charge in [0.2, 0.25) is 6.29 Å². The van der Waals surface area contributed by atoms with Gasteiger partial charge < -0.3 is 39.8 Å². The Morgan fingerprint density at radius 2 is 1.68 bits per heavy atom. The molecule has 3 rings (SSSR count). The normalized spacial score (nSPS) is 26.9. The number of aliphatic hydroxyl groups excluding tert-OH is 4. The summed E-state index contributed by atoms with van der Waals surface area (Å²) in [5, 5.41) is 49.7. The first-order valence-corrected chi connectivity index (χ1v) is 8.29. The molecule has 9 heteroatoms. The molecule has 0 saturated carbocycles. The summed E-state index contributed by atoms with van der Waals surface area (Å²) in [5.74, 6) is -0.943. The van der Waals surface area contributed by atoms with Gasteiger partial charge >= 0.3 is 29.6 Å². The minimum atomic E-state index is -1.53. The molecular formula is C19H19NaO8. The van der Waals surface area contributed by atoms with Crippen LogP contribution < -0.4 is 39.4 Å². The van der Waals surface area contributed by atoms with E-state index in [1.54, 1.807) is 36.4 Å². The SMILES string of the molecule is O=C([O-])c1ccc(-c2cccc(O[C@H]3OC(CO)[C@@H](O)[C@H](O)C3O)c2)cc1.[Na+]. The molecule has 5 atom stereocenters. The molecule has 1 aliphatic rings. The first-order chi connectivity index (χ1) is 12.9. The van der Waals surface area contributed by atoms with E-state index in [0.29, 0.717) is 5.75 Å². The van der Waals surface area contributed by atoms with Crippen LogP contribution in [0, 0.1) is 0 Å². The number of carbonyl (C=O) groups is 1. The molecule has 0 aliphatic carbocycles. The number of carboxylic acids is 1. The summed E-state index contributed by atoms with van der Waals surface area (Å²) in [6.45, 7) is -0.546. The van der Waals surface area contributed by atoms with Crippen LogP contribution in [0.5, 0.6) is 5.75 Å². The largest absolute Gasteiger partial charge is 1.00 e. The number of hydrogen-bond donors (Lipinski definition) is 4. The number of aromatic carboxylic acids is 1. The number of ether oxygens (including phenoxy) is 2. The molecule has 0 amide bonds. The predicted octanol–water partition coefficient (Wildman–Crippen LogP) is -4.10. The molecule has 0 bridgehead atoms. The van der Waals surface area contributed by atoms with Gasteiger partial charge in [-0.2, -0.15) is 0 Å². The Morgan fingerprint density at radius 3 is 2.29 bits per heavy atom. The number of aliphatic hydroxyl groups is 4. The van der Waals surface area contributed by atoms with Crippen molar-refractivity contribution in [3.8, 4) is 16.9 Å². The molecule has 144 valence electrons. The van der Waals surface area contributed by atoms with E-state index in [9.17, 15) is 30.3 Å². The molecule has 1 heterocycles. The number of hydrogen-bond acceptors (Lipinski definition) is 8. The van der Waals surface area contributed by atoms with Crippen molar-refractivity contribution < 1.29 is 69.4 Å². The molecule has 2 unspecified atom stereocenters. The zero-order chi connectivity index (χ0) is 19.6.